The minimum absolute atomic E-state index is 0.353. The number of fused-ring (bicyclic) bond motifs is 2. The summed E-state index contributed by atoms with van der Waals surface area (Å²) >= 11 is 1.96. The highest BCUT2D eigenvalue weighted by Gasteiger charge is 2.38. The van der Waals surface area contributed by atoms with Crippen molar-refractivity contribution < 1.29 is 4.79 Å². The molecule has 2 bridgehead atoms. The van der Waals surface area contributed by atoms with Crippen LogP contribution in [0.4, 0.5) is 0 Å². The second-order valence-corrected chi connectivity index (χ2v) is 7.02. The van der Waals surface area contributed by atoms with Crippen molar-refractivity contribution in [1.29, 1.82) is 0 Å². The fourth-order valence-corrected chi connectivity index (χ4v) is 4.66. The van der Waals surface area contributed by atoms with Crippen LogP contribution in [0.25, 0.3) is 0 Å². The summed E-state index contributed by atoms with van der Waals surface area (Å²) in [5.41, 5.74) is 5.85. The van der Waals surface area contributed by atoms with E-state index >= 15 is 0 Å². The van der Waals surface area contributed by atoms with Crippen LogP contribution in [0, 0.1) is 0 Å². The number of nitrogens with zero attached hydrogens (tertiary/aromatic N) is 1. The van der Waals surface area contributed by atoms with Crippen molar-refractivity contribution in [3.8, 4) is 0 Å². The summed E-state index contributed by atoms with van der Waals surface area (Å²) < 4.78 is 0. The predicted octanol–water partition coefficient (Wildman–Crippen LogP) is 2.50. The lowest BCUT2D eigenvalue weighted by molar-refractivity contribution is 0.1000. The van der Waals surface area contributed by atoms with E-state index in [1.165, 1.54) is 30.6 Å². The van der Waals surface area contributed by atoms with Crippen molar-refractivity contribution >= 4 is 17.7 Å². The zero-order valence-corrected chi connectivity index (χ0v) is 12.0. The molecule has 2 heterocycles. The first-order valence-electron chi connectivity index (χ1n) is 6.92. The first-order chi connectivity index (χ1) is 9.13. The van der Waals surface area contributed by atoms with Gasteiger partial charge in [0.05, 0.1) is 0 Å². The fourth-order valence-electron chi connectivity index (χ4n) is 3.35. The number of thioether (sulfide) groups is 1. The van der Waals surface area contributed by atoms with E-state index in [4.69, 9.17) is 5.73 Å². The third kappa shape index (κ3) is 2.65. The molecule has 2 fully saturated rings. The van der Waals surface area contributed by atoms with Gasteiger partial charge in [-0.25, -0.2) is 0 Å². The summed E-state index contributed by atoms with van der Waals surface area (Å²) in [6.07, 6.45) is 5.29. The molecule has 102 valence electrons. The van der Waals surface area contributed by atoms with Crippen LogP contribution in [0.15, 0.2) is 29.2 Å². The van der Waals surface area contributed by atoms with Crippen LogP contribution < -0.4 is 5.73 Å². The van der Waals surface area contributed by atoms with E-state index in [-0.39, 0.29) is 5.91 Å². The van der Waals surface area contributed by atoms with Gasteiger partial charge >= 0.3 is 0 Å². The molecule has 19 heavy (non-hydrogen) atoms. The second-order valence-electron chi connectivity index (χ2n) is 5.65. The third-order valence-corrected chi connectivity index (χ3v) is 5.76. The smallest absolute Gasteiger partial charge is 0.248 e. The average molecular weight is 276 g/mol. The molecule has 0 saturated carbocycles. The normalized spacial score (nSPS) is 30.5. The Balaban J connectivity index is 1.64. The van der Waals surface area contributed by atoms with Crippen LogP contribution >= 0.6 is 11.8 Å². The van der Waals surface area contributed by atoms with Crippen molar-refractivity contribution in [2.24, 2.45) is 5.73 Å². The van der Waals surface area contributed by atoms with Gasteiger partial charge in [-0.05, 0) is 57.0 Å². The molecule has 1 amide bonds. The molecule has 4 heteroatoms. The minimum Gasteiger partial charge on any atom is -0.366 e. The summed E-state index contributed by atoms with van der Waals surface area (Å²) in [7, 11) is 2.27. The molecule has 0 radical (unpaired) electrons. The summed E-state index contributed by atoms with van der Waals surface area (Å²) in [5.74, 6) is -0.353. The molecule has 0 spiro atoms. The van der Waals surface area contributed by atoms with Gasteiger partial charge < -0.3 is 10.6 Å². The monoisotopic (exact) mass is 276 g/mol. The Bertz CT molecular complexity index is 460. The van der Waals surface area contributed by atoms with Crippen LogP contribution in [0.3, 0.4) is 0 Å². The molecule has 2 unspecified atom stereocenters. The number of hydrogen-bond acceptors (Lipinski definition) is 3. The molecule has 0 aliphatic carbocycles. The van der Waals surface area contributed by atoms with Gasteiger partial charge in [0.2, 0.25) is 5.91 Å². The Morgan fingerprint density at radius 3 is 2.32 bits per heavy atom. The quantitative estimate of drug-likeness (QED) is 0.922. The van der Waals surface area contributed by atoms with E-state index < -0.39 is 0 Å². The summed E-state index contributed by atoms with van der Waals surface area (Å²) in [4.78, 5) is 14.9. The molecule has 1 aromatic carbocycles. The topological polar surface area (TPSA) is 46.3 Å². The van der Waals surface area contributed by atoms with Crippen LogP contribution in [-0.4, -0.2) is 35.2 Å². The Hall–Kier alpha value is -1.00. The maximum atomic E-state index is 11.0. The van der Waals surface area contributed by atoms with E-state index in [1.807, 2.05) is 36.0 Å². The zero-order valence-electron chi connectivity index (χ0n) is 11.2. The van der Waals surface area contributed by atoms with E-state index in [9.17, 15) is 4.79 Å². The molecule has 3 rings (SSSR count). The number of carbonyl (C=O) groups is 1. The van der Waals surface area contributed by atoms with Gasteiger partial charge in [-0.2, -0.15) is 0 Å². The molecule has 1 aromatic rings. The van der Waals surface area contributed by atoms with Gasteiger partial charge in [-0.15, -0.1) is 11.8 Å². The number of amides is 1. The van der Waals surface area contributed by atoms with Gasteiger partial charge in [0.1, 0.15) is 0 Å². The largest absolute Gasteiger partial charge is 0.366 e. The van der Waals surface area contributed by atoms with Crippen LogP contribution in [0.1, 0.15) is 36.0 Å². The average Bonchev–Trinajstić information content (AvgIpc) is 2.63. The highest BCUT2D eigenvalue weighted by molar-refractivity contribution is 8.00. The van der Waals surface area contributed by atoms with Crippen molar-refractivity contribution in [2.75, 3.05) is 7.05 Å². The predicted molar refractivity (Wildman–Crippen MR) is 78.4 cm³/mol. The molecule has 0 aromatic heterocycles. The van der Waals surface area contributed by atoms with Crippen molar-refractivity contribution in [1.82, 2.24) is 4.90 Å². The van der Waals surface area contributed by atoms with Crippen LogP contribution in [0.2, 0.25) is 0 Å². The number of piperidine rings is 1. The highest BCUT2D eigenvalue weighted by atomic mass is 32.2. The molecular formula is C15H20N2OS. The number of primary amides is 1. The third-order valence-electron chi connectivity index (χ3n) is 4.50. The number of benzene rings is 1. The first-order valence-corrected chi connectivity index (χ1v) is 7.80. The summed E-state index contributed by atoms with van der Waals surface area (Å²) in [5, 5.41) is 0.716. The van der Waals surface area contributed by atoms with Gasteiger partial charge in [-0.3, -0.25) is 4.79 Å². The first kappa shape index (κ1) is 13.0. The Labute approximate surface area is 118 Å². The van der Waals surface area contributed by atoms with Crippen molar-refractivity contribution in [3.63, 3.8) is 0 Å². The number of rotatable bonds is 3. The van der Waals surface area contributed by atoms with Crippen LogP contribution in [-0.2, 0) is 0 Å². The molecule has 3 nitrogen and oxygen atoms in total. The Morgan fingerprint density at radius 2 is 1.79 bits per heavy atom. The molecular weight excluding hydrogens is 256 g/mol. The number of nitrogens with two attached hydrogens (primary N) is 1. The number of carbonyl (C=O) groups excluding carboxylic acids is 1. The lowest BCUT2D eigenvalue weighted by atomic mass is 10.0. The fraction of sp³-hybridized carbons (Fsp3) is 0.533. The van der Waals surface area contributed by atoms with Gasteiger partial charge in [0, 0.05) is 27.8 Å². The maximum Gasteiger partial charge on any atom is 0.248 e. The van der Waals surface area contributed by atoms with E-state index in [0.717, 1.165) is 12.1 Å². The maximum absolute atomic E-state index is 11.0. The molecule has 2 aliphatic heterocycles. The van der Waals surface area contributed by atoms with Crippen molar-refractivity contribution in [3.05, 3.63) is 29.8 Å². The molecule has 2 N–H and O–H groups in total. The Kier molecular flexibility index (Phi) is 3.54. The Morgan fingerprint density at radius 1 is 1.21 bits per heavy atom. The summed E-state index contributed by atoms with van der Waals surface area (Å²) in [6.45, 7) is 0. The van der Waals surface area contributed by atoms with Gasteiger partial charge in [0.15, 0.2) is 0 Å². The lowest BCUT2D eigenvalue weighted by Gasteiger charge is -2.36. The lowest BCUT2D eigenvalue weighted by Crippen LogP contribution is -2.40. The second kappa shape index (κ2) is 5.17. The van der Waals surface area contributed by atoms with E-state index in [2.05, 4.69) is 11.9 Å². The number of hydrogen-bond donors (Lipinski definition) is 1. The highest BCUT2D eigenvalue weighted by Crippen LogP contribution is 2.41. The minimum atomic E-state index is -0.353. The zero-order chi connectivity index (χ0) is 13.4. The standard InChI is InChI=1S/C15H20N2OS/c1-17-11-4-5-12(17)9-14(8-11)19-13-6-2-10(3-7-13)15(16)18/h2-3,6-7,11-12,14H,4-5,8-9H2,1H3,(H2,16,18). The molecule has 2 aliphatic rings. The molecule has 2 saturated heterocycles. The van der Waals surface area contributed by atoms with Crippen molar-refractivity contribution in [2.45, 2.75) is 47.9 Å². The molecule has 2 atom stereocenters. The summed E-state index contributed by atoms with van der Waals surface area (Å²) in [6, 6.07) is 9.25. The van der Waals surface area contributed by atoms with Crippen LogP contribution in [0.5, 0.6) is 0 Å². The van der Waals surface area contributed by atoms with E-state index in [1.54, 1.807) is 0 Å². The van der Waals surface area contributed by atoms with Gasteiger partial charge in [0.25, 0.3) is 0 Å². The van der Waals surface area contributed by atoms with E-state index in [0.29, 0.717) is 10.8 Å². The SMILES string of the molecule is CN1C2CCC1CC(Sc1ccc(C(N)=O)cc1)C2. The van der Waals surface area contributed by atoms with Gasteiger partial charge in [-0.1, -0.05) is 0 Å².